The molecule has 3 aliphatic rings. The molecule has 1 amide bonds. The normalized spacial score (nSPS) is 25.7. The summed E-state index contributed by atoms with van der Waals surface area (Å²) in [6.07, 6.45) is 0. The molecule has 1 saturated heterocycles. The first-order valence-corrected chi connectivity index (χ1v) is 10.4. The summed E-state index contributed by atoms with van der Waals surface area (Å²) in [4.78, 5) is 29.0. The van der Waals surface area contributed by atoms with Crippen molar-refractivity contribution < 1.29 is 14.3 Å². The third-order valence-electron chi connectivity index (χ3n) is 6.51. The molecule has 6 heteroatoms. The maximum atomic E-state index is 14.2. The number of fused-ring (bicyclic) bond motifs is 5. The Kier molecular flexibility index (Phi) is 3.84. The second kappa shape index (κ2) is 6.60. The quantitative estimate of drug-likeness (QED) is 0.632. The number of carbonyl (C=O) groups is 2. The van der Waals surface area contributed by atoms with E-state index in [0.717, 1.165) is 28.2 Å². The van der Waals surface area contributed by atoms with Gasteiger partial charge in [0.05, 0.1) is 29.6 Å². The van der Waals surface area contributed by atoms with Crippen LogP contribution in [0.5, 0.6) is 0 Å². The van der Waals surface area contributed by atoms with Crippen LogP contribution in [-0.2, 0) is 26.4 Å². The average molecular weight is 411 g/mol. The zero-order valence-electron chi connectivity index (χ0n) is 16.7. The molecular formula is C25H21N3O3. The second-order valence-corrected chi connectivity index (χ2v) is 8.23. The van der Waals surface area contributed by atoms with Crippen LogP contribution in [0.1, 0.15) is 11.1 Å². The van der Waals surface area contributed by atoms with Gasteiger partial charge in [-0.2, -0.15) is 0 Å². The van der Waals surface area contributed by atoms with Crippen molar-refractivity contribution in [2.45, 2.75) is 18.1 Å². The van der Waals surface area contributed by atoms with Crippen LogP contribution < -0.4 is 15.5 Å². The number of anilines is 3. The van der Waals surface area contributed by atoms with Crippen molar-refractivity contribution in [3.8, 4) is 0 Å². The zero-order valence-corrected chi connectivity index (χ0v) is 16.7. The van der Waals surface area contributed by atoms with Crippen LogP contribution in [0.4, 0.5) is 17.1 Å². The molecule has 0 saturated carbocycles. The molecule has 3 aromatic rings. The van der Waals surface area contributed by atoms with Crippen LogP contribution in [-0.4, -0.2) is 24.5 Å². The van der Waals surface area contributed by atoms with Crippen molar-refractivity contribution in [2.24, 2.45) is 5.92 Å². The number of para-hydroxylation sites is 3. The summed E-state index contributed by atoms with van der Waals surface area (Å²) in [5, 5.41) is 6.94. The number of nitrogens with zero attached hydrogens (tertiary/aromatic N) is 1. The number of esters is 1. The number of cyclic esters (lactones) is 1. The lowest BCUT2D eigenvalue weighted by Gasteiger charge is -2.34. The topological polar surface area (TPSA) is 70.7 Å². The summed E-state index contributed by atoms with van der Waals surface area (Å²) < 4.78 is 5.46. The average Bonchev–Trinajstić information content (AvgIpc) is 3.20. The fourth-order valence-corrected chi connectivity index (χ4v) is 5.16. The van der Waals surface area contributed by atoms with Crippen LogP contribution in [0.3, 0.4) is 0 Å². The number of carbonyl (C=O) groups excluding carboxylic acids is 2. The lowest BCUT2D eigenvalue weighted by molar-refractivity contribution is -0.145. The zero-order chi connectivity index (χ0) is 21.0. The van der Waals surface area contributed by atoms with Crippen molar-refractivity contribution in [1.82, 2.24) is 0 Å². The van der Waals surface area contributed by atoms with Gasteiger partial charge in [0.1, 0.15) is 12.5 Å². The number of rotatable bonds is 2. The number of nitrogens with one attached hydrogen (secondary N) is 2. The molecule has 3 aliphatic heterocycles. The van der Waals surface area contributed by atoms with E-state index < -0.39 is 11.5 Å². The SMILES string of the molecule is O=C1OCC2Nc3ccccc3NC3(C(=O)N(Cc4ccccc4)c4ccccc43)C12. The van der Waals surface area contributed by atoms with E-state index in [9.17, 15) is 9.59 Å². The third kappa shape index (κ3) is 2.51. The predicted molar refractivity (Wildman–Crippen MR) is 118 cm³/mol. The maximum absolute atomic E-state index is 14.2. The van der Waals surface area contributed by atoms with E-state index in [1.165, 1.54) is 0 Å². The Labute approximate surface area is 179 Å². The van der Waals surface area contributed by atoms with Gasteiger partial charge in [0.2, 0.25) is 0 Å². The minimum atomic E-state index is -1.23. The Balaban J connectivity index is 1.55. The highest BCUT2D eigenvalue weighted by atomic mass is 16.5. The van der Waals surface area contributed by atoms with E-state index in [-0.39, 0.29) is 24.5 Å². The molecule has 6 rings (SSSR count). The van der Waals surface area contributed by atoms with Gasteiger partial charge in [0.15, 0.2) is 5.54 Å². The molecule has 3 atom stereocenters. The first-order chi connectivity index (χ1) is 15.2. The van der Waals surface area contributed by atoms with Gasteiger partial charge in [0.25, 0.3) is 5.91 Å². The Morgan fingerprint density at radius 2 is 1.61 bits per heavy atom. The van der Waals surface area contributed by atoms with Gasteiger partial charge in [0, 0.05) is 5.56 Å². The summed E-state index contributed by atoms with van der Waals surface area (Å²) in [6.45, 7) is 0.664. The Hall–Kier alpha value is -3.80. The molecule has 3 unspecified atom stereocenters. The van der Waals surface area contributed by atoms with Gasteiger partial charge >= 0.3 is 5.97 Å². The number of hydrogen-bond donors (Lipinski definition) is 2. The van der Waals surface area contributed by atoms with Crippen molar-refractivity contribution in [1.29, 1.82) is 0 Å². The van der Waals surface area contributed by atoms with Gasteiger partial charge in [-0.15, -0.1) is 0 Å². The van der Waals surface area contributed by atoms with Crippen LogP contribution in [0.15, 0.2) is 78.9 Å². The van der Waals surface area contributed by atoms with Gasteiger partial charge in [-0.3, -0.25) is 9.59 Å². The molecule has 0 radical (unpaired) electrons. The van der Waals surface area contributed by atoms with E-state index in [4.69, 9.17) is 4.74 Å². The molecule has 3 heterocycles. The number of hydrogen-bond acceptors (Lipinski definition) is 5. The number of ether oxygens (including phenoxy) is 1. The molecule has 3 aromatic carbocycles. The molecule has 0 aromatic heterocycles. The standard InChI is InChI=1S/C25H21N3O3/c29-23-22-20(15-31-23)26-18-11-5-6-12-19(18)27-25(22)17-10-4-7-13-21(17)28(24(25)30)14-16-8-2-1-3-9-16/h1-13,20,22,26-27H,14-15H2. The number of amides is 1. The fraction of sp³-hybridized carbons (Fsp3) is 0.200. The van der Waals surface area contributed by atoms with Crippen molar-refractivity contribution in [2.75, 3.05) is 22.1 Å². The second-order valence-electron chi connectivity index (χ2n) is 8.23. The van der Waals surface area contributed by atoms with Gasteiger partial charge in [-0.25, -0.2) is 0 Å². The lowest BCUT2D eigenvalue weighted by Crippen LogP contribution is -2.55. The molecule has 0 bridgehead atoms. The van der Waals surface area contributed by atoms with Crippen LogP contribution >= 0.6 is 0 Å². The van der Waals surface area contributed by atoms with E-state index in [1.54, 1.807) is 4.90 Å². The highest BCUT2D eigenvalue weighted by Crippen LogP contribution is 2.52. The third-order valence-corrected chi connectivity index (χ3v) is 6.51. The summed E-state index contributed by atoms with van der Waals surface area (Å²) in [6, 6.07) is 25.1. The highest BCUT2D eigenvalue weighted by Gasteiger charge is 2.64. The molecule has 1 spiro atoms. The van der Waals surface area contributed by atoms with Gasteiger partial charge in [-0.1, -0.05) is 60.7 Å². The lowest BCUT2D eigenvalue weighted by atomic mass is 9.76. The highest BCUT2D eigenvalue weighted by molar-refractivity contribution is 6.12. The smallest absolute Gasteiger partial charge is 0.314 e. The van der Waals surface area contributed by atoms with Crippen LogP contribution in [0, 0.1) is 5.92 Å². The Morgan fingerprint density at radius 1 is 0.903 bits per heavy atom. The Bertz CT molecular complexity index is 1200. The minimum absolute atomic E-state index is 0.134. The molecule has 154 valence electrons. The van der Waals surface area contributed by atoms with Crippen molar-refractivity contribution >= 4 is 28.9 Å². The largest absolute Gasteiger partial charge is 0.463 e. The van der Waals surface area contributed by atoms with Gasteiger partial charge in [-0.05, 0) is 23.8 Å². The van der Waals surface area contributed by atoms with Crippen LogP contribution in [0.25, 0.3) is 0 Å². The van der Waals surface area contributed by atoms with Gasteiger partial charge < -0.3 is 20.3 Å². The van der Waals surface area contributed by atoms with E-state index in [2.05, 4.69) is 10.6 Å². The van der Waals surface area contributed by atoms with E-state index >= 15 is 0 Å². The monoisotopic (exact) mass is 411 g/mol. The Morgan fingerprint density at radius 3 is 2.45 bits per heavy atom. The summed E-state index contributed by atoms with van der Waals surface area (Å²) in [7, 11) is 0. The van der Waals surface area contributed by atoms with Crippen molar-refractivity contribution in [3.05, 3.63) is 90.0 Å². The first-order valence-electron chi connectivity index (χ1n) is 10.4. The minimum Gasteiger partial charge on any atom is -0.463 e. The van der Waals surface area contributed by atoms with E-state index in [0.29, 0.717) is 6.54 Å². The molecule has 6 nitrogen and oxygen atoms in total. The molecular weight excluding hydrogens is 390 g/mol. The molecule has 2 N–H and O–H groups in total. The maximum Gasteiger partial charge on any atom is 0.314 e. The first kappa shape index (κ1) is 18.0. The molecule has 31 heavy (non-hydrogen) atoms. The van der Waals surface area contributed by atoms with Crippen molar-refractivity contribution in [3.63, 3.8) is 0 Å². The summed E-state index contributed by atoms with van der Waals surface area (Å²) >= 11 is 0. The number of benzene rings is 3. The summed E-state index contributed by atoms with van der Waals surface area (Å²) in [5.41, 5.74) is 3.09. The fourth-order valence-electron chi connectivity index (χ4n) is 5.16. The van der Waals surface area contributed by atoms with E-state index in [1.807, 2.05) is 78.9 Å². The van der Waals surface area contributed by atoms with Crippen LogP contribution in [0.2, 0.25) is 0 Å². The molecule has 1 fully saturated rings. The molecule has 0 aliphatic carbocycles. The summed E-state index contributed by atoms with van der Waals surface area (Å²) in [5.74, 6) is -1.18. The predicted octanol–water partition coefficient (Wildman–Crippen LogP) is 3.51.